The summed E-state index contributed by atoms with van der Waals surface area (Å²) >= 11 is 0. The molecule has 1 rings (SSSR count). The Hall–Kier alpha value is -0.890. The molecule has 0 bridgehead atoms. The van der Waals surface area contributed by atoms with Crippen LogP contribution < -0.4 is 0 Å². The summed E-state index contributed by atoms with van der Waals surface area (Å²) in [5.74, 6) is 0.588. The van der Waals surface area contributed by atoms with Gasteiger partial charge in [0.25, 0.3) is 0 Å². The standard InChI is InChI=1S/C13H24N2O4S/c1-5-6-15(8-7-14(3)4)20(17,18)13-9-12(10-16)19-11(13)2/h9,16H,5-8,10H2,1-4H3. The predicted octanol–water partition coefficient (Wildman–Crippen LogP) is 1.04. The Morgan fingerprint density at radius 1 is 1.25 bits per heavy atom. The van der Waals surface area contributed by atoms with E-state index in [0.717, 1.165) is 6.42 Å². The molecular formula is C13H24N2O4S. The minimum atomic E-state index is -3.58. The summed E-state index contributed by atoms with van der Waals surface area (Å²) in [5.41, 5.74) is 0. The Balaban J connectivity index is 3.05. The fourth-order valence-electron chi connectivity index (χ4n) is 1.91. The summed E-state index contributed by atoms with van der Waals surface area (Å²) in [4.78, 5) is 2.09. The molecule has 20 heavy (non-hydrogen) atoms. The molecule has 0 spiro atoms. The summed E-state index contributed by atoms with van der Waals surface area (Å²) in [6, 6.07) is 1.41. The lowest BCUT2D eigenvalue weighted by Gasteiger charge is -2.22. The van der Waals surface area contributed by atoms with Crippen molar-refractivity contribution < 1.29 is 17.9 Å². The average molecular weight is 304 g/mol. The number of hydrogen-bond acceptors (Lipinski definition) is 5. The van der Waals surface area contributed by atoms with Gasteiger partial charge in [-0.1, -0.05) is 6.92 Å². The second-order valence-electron chi connectivity index (χ2n) is 5.00. The van der Waals surface area contributed by atoms with E-state index in [1.165, 1.54) is 10.4 Å². The van der Waals surface area contributed by atoms with E-state index in [9.17, 15) is 8.42 Å². The Morgan fingerprint density at radius 2 is 1.90 bits per heavy atom. The molecule has 0 saturated carbocycles. The van der Waals surface area contributed by atoms with E-state index in [1.807, 2.05) is 25.9 Å². The van der Waals surface area contributed by atoms with Crippen LogP contribution in [0.4, 0.5) is 0 Å². The van der Waals surface area contributed by atoms with E-state index in [4.69, 9.17) is 9.52 Å². The molecule has 0 atom stereocenters. The minimum absolute atomic E-state index is 0.147. The molecule has 0 amide bonds. The van der Waals surface area contributed by atoms with E-state index in [0.29, 0.717) is 25.4 Å². The monoisotopic (exact) mass is 304 g/mol. The van der Waals surface area contributed by atoms with Crippen LogP contribution in [0, 0.1) is 6.92 Å². The quantitative estimate of drug-likeness (QED) is 0.777. The molecule has 6 nitrogen and oxygen atoms in total. The van der Waals surface area contributed by atoms with E-state index in [-0.39, 0.29) is 17.3 Å². The number of aliphatic hydroxyl groups excluding tert-OH is 1. The maximum absolute atomic E-state index is 12.7. The first-order chi connectivity index (χ1) is 9.32. The van der Waals surface area contributed by atoms with Gasteiger partial charge in [-0.05, 0) is 27.4 Å². The first-order valence-corrected chi connectivity index (χ1v) is 8.12. The highest BCUT2D eigenvalue weighted by Gasteiger charge is 2.28. The number of sulfonamides is 1. The molecule has 0 aliphatic rings. The van der Waals surface area contributed by atoms with Gasteiger partial charge in [0, 0.05) is 25.7 Å². The van der Waals surface area contributed by atoms with Crippen molar-refractivity contribution in [3.8, 4) is 0 Å². The lowest BCUT2D eigenvalue weighted by molar-refractivity contribution is 0.244. The minimum Gasteiger partial charge on any atom is -0.462 e. The fourth-order valence-corrected chi connectivity index (χ4v) is 3.62. The number of aryl methyl sites for hydroxylation is 1. The van der Waals surface area contributed by atoms with Gasteiger partial charge in [-0.3, -0.25) is 0 Å². The summed E-state index contributed by atoms with van der Waals surface area (Å²) in [6.07, 6.45) is 0.746. The Kier molecular flexibility index (Phi) is 6.19. The zero-order chi connectivity index (χ0) is 15.3. The lowest BCUT2D eigenvalue weighted by Crippen LogP contribution is -2.37. The molecule has 0 aliphatic carbocycles. The highest BCUT2D eigenvalue weighted by Crippen LogP contribution is 2.23. The molecular weight excluding hydrogens is 280 g/mol. The molecule has 1 aromatic heterocycles. The van der Waals surface area contributed by atoms with Crippen LogP contribution in [0.2, 0.25) is 0 Å². The van der Waals surface area contributed by atoms with Gasteiger partial charge in [0.1, 0.15) is 23.0 Å². The molecule has 0 aliphatic heterocycles. The summed E-state index contributed by atoms with van der Waals surface area (Å²) in [6.45, 7) is 4.80. The number of furan rings is 1. The van der Waals surface area contributed by atoms with Gasteiger partial charge in [-0.2, -0.15) is 4.31 Å². The third-order valence-corrected chi connectivity index (χ3v) is 4.97. The smallest absolute Gasteiger partial charge is 0.246 e. The van der Waals surface area contributed by atoms with Crippen LogP contribution in [0.5, 0.6) is 0 Å². The Morgan fingerprint density at radius 3 is 2.35 bits per heavy atom. The first-order valence-electron chi connectivity index (χ1n) is 6.68. The molecule has 116 valence electrons. The maximum Gasteiger partial charge on any atom is 0.246 e. The third-order valence-electron chi connectivity index (χ3n) is 2.97. The summed E-state index contributed by atoms with van der Waals surface area (Å²) in [7, 11) is 0.236. The van der Waals surface area contributed by atoms with Crippen molar-refractivity contribution in [1.29, 1.82) is 0 Å². The van der Waals surface area contributed by atoms with Crippen LogP contribution in [-0.2, 0) is 16.6 Å². The van der Waals surface area contributed by atoms with Crippen LogP contribution in [0.15, 0.2) is 15.4 Å². The predicted molar refractivity (Wildman–Crippen MR) is 77.0 cm³/mol. The van der Waals surface area contributed by atoms with E-state index < -0.39 is 10.0 Å². The number of hydrogen-bond donors (Lipinski definition) is 1. The largest absolute Gasteiger partial charge is 0.462 e. The second-order valence-corrected chi connectivity index (χ2v) is 6.90. The van der Waals surface area contributed by atoms with Gasteiger partial charge in [0.05, 0.1) is 0 Å². The molecule has 0 radical (unpaired) electrons. The Bertz CT molecular complexity index is 522. The van der Waals surface area contributed by atoms with Crippen molar-refractivity contribution >= 4 is 10.0 Å². The zero-order valence-corrected chi connectivity index (χ0v) is 13.4. The van der Waals surface area contributed by atoms with Crippen molar-refractivity contribution in [2.45, 2.75) is 31.8 Å². The van der Waals surface area contributed by atoms with Gasteiger partial charge in [-0.25, -0.2) is 8.42 Å². The van der Waals surface area contributed by atoms with Crippen molar-refractivity contribution in [1.82, 2.24) is 9.21 Å². The molecule has 0 fully saturated rings. The van der Waals surface area contributed by atoms with Crippen LogP contribution in [0.1, 0.15) is 24.9 Å². The van der Waals surface area contributed by atoms with E-state index in [2.05, 4.69) is 0 Å². The zero-order valence-electron chi connectivity index (χ0n) is 12.6. The van der Waals surface area contributed by atoms with Gasteiger partial charge >= 0.3 is 0 Å². The molecule has 0 aromatic carbocycles. The van der Waals surface area contributed by atoms with Gasteiger partial charge in [-0.15, -0.1) is 0 Å². The lowest BCUT2D eigenvalue weighted by atomic mass is 10.4. The molecule has 7 heteroatoms. The van der Waals surface area contributed by atoms with Gasteiger partial charge in [0.2, 0.25) is 10.0 Å². The van der Waals surface area contributed by atoms with Crippen LogP contribution in [-0.4, -0.2) is 56.5 Å². The average Bonchev–Trinajstić information content (AvgIpc) is 2.76. The maximum atomic E-state index is 12.7. The molecule has 0 unspecified atom stereocenters. The first kappa shape index (κ1) is 17.2. The number of aliphatic hydroxyl groups is 1. The normalized spacial score (nSPS) is 12.6. The van der Waals surface area contributed by atoms with E-state index in [1.54, 1.807) is 6.92 Å². The number of likely N-dealkylation sites (N-methyl/N-ethyl adjacent to an activating group) is 1. The summed E-state index contributed by atoms with van der Waals surface area (Å²) in [5, 5.41) is 9.05. The molecule has 1 aromatic rings. The van der Waals surface area contributed by atoms with Gasteiger partial charge in [0.15, 0.2) is 0 Å². The number of nitrogens with zero attached hydrogens (tertiary/aromatic N) is 2. The van der Waals surface area contributed by atoms with Crippen molar-refractivity contribution in [3.05, 3.63) is 17.6 Å². The SMILES string of the molecule is CCCN(CCN(C)C)S(=O)(=O)c1cc(CO)oc1C. The third kappa shape index (κ3) is 4.05. The molecule has 1 N–H and O–H groups in total. The highest BCUT2D eigenvalue weighted by atomic mass is 32.2. The summed E-state index contributed by atoms with van der Waals surface area (Å²) < 4.78 is 32.0. The van der Waals surface area contributed by atoms with Crippen molar-refractivity contribution in [3.63, 3.8) is 0 Å². The molecule has 0 saturated heterocycles. The van der Waals surface area contributed by atoms with E-state index >= 15 is 0 Å². The number of rotatable bonds is 8. The fraction of sp³-hybridized carbons (Fsp3) is 0.692. The van der Waals surface area contributed by atoms with Gasteiger partial charge < -0.3 is 14.4 Å². The van der Waals surface area contributed by atoms with Crippen LogP contribution in [0.3, 0.4) is 0 Å². The van der Waals surface area contributed by atoms with Crippen molar-refractivity contribution in [2.75, 3.05) is 33.7 Å². The Labute approximate surface area is 121 Å². The second kappa shape index (κ2) is 7.21. The topological polar surface area (TPSA) is 74.0 Å². The highest BCUT2D eigenvalue weighted by molar-refractivity contribution is 7.89. The molecule has 1 heterocycles. The van der Waals surface area contributed by atoms with Crippen molar-refractivity contribution in [2.24, 2.45) is 0 Å². The van der Waals surface area contributed by atoms with Crippen LogP contribution >= 0.6 is 0 Å². The van der Waals surface area contributed by atoms with Crippen LogP contribution in [0.25, 0.3) is 0 Å².